The summed E-state index contributed by atoms with van der Waals surface area (Å²) >= 11 is 0. The molecule has 0 fully saturated rings. The molecule has 0 spiro atoms. The molecule has 0 bridgehead atoms. The lowest BCUT2D eigenvalue weighted by atomic mass is 10.1. The summed E-state index contributed by atoms with van der Waals surface area (Å²) in [5.41, 5.74) is 1.67. The summed E-state index contributed by atoms with van der Waals surface area (Å²) < 4.78 is 18.0. The summed E-state index contributed by atoms with van der Waals surface area (Å²) in [5.74, 6) is -0.00179. The zero-order chi connectivity index (χ0) is 14.5. The Morgan fingerprint density at radius 2 is 2.10 bits per heavy atom. The van der Waals surface area contributed by atoms with Crippen molar-refractivity contribution in [2.24, 2.45) is 0 Å². The van der Waals surface area contributed by atoms with E-state index in [0.717, 1.165) is 5.56 Å². The molecule has 0 saturated heterocycles. The van der Waals surface area contributed by atoms with E-state index in [9.17, 15) is 9.50 Å². The van der Waals surface area contributed by atoms with E-state index < -0.39 is 5.82 Å². The smallest absolute Gasteiger partial charge is 0.160 e. The molecule has 20 heavy (non-hydrogen) atoms. The molecule has 0 atom stereocenters. The third kappa shape index (κ3) is 2.98. The third-order valence-electron chi connectivity index (χ3n) is 2.83. The molecular formula is C15H13FN2O2. The highest BCUT2D eigenvalue weighted by Crippen LogP contribution is 2.26. The molecule has 2 rings (SSSR count). The van der Waals surface area contributed by atoms with Crippen molar-refractivity contribution in [3.8, 4) is 17.6 Å². The Morgan fingerprint density at radius 1 is 1.30 bits per heavy atom. The number of nitrogens with one attached hydrogen (secondary N) is 1. The predicted octanol–water partition coefficient (Wildman–Crippen LogP) is 3.02. The number of hydrogen-bond acceptors (Lipinski definition) is 4. The largest absolute Gasteiger partial charge is 0.504 e. The van der Waals surface area contributed by atoms with E-state index in [2.05, 4.69) is 5.32 Å². The lowest BCUT2D eigenvalue weighted by Crippen LogP contribution is -2.02. The summed E-state index contributed by atoms with van der Waals surface area (Å²) in [7, 11) is 1.47. The average Bonchev–Trinajstić information content (AvgIpc) is 2.47. The van der Waals surface area contributed by atoms with Crippen LogP contribution < -0.4 is 10.1 Å². The number of rotatable bonds is 4. The maximum absolute atomic E-state index is 13.0. The first-order chi connectivity index (χ1) is 9.63. The van der Waals surface area contributed by atoms with Crippen molar-refractivity contribution in [1.82, 2.24) is 0 Å². The molecular weight excluding hydrogens is 259 g/mol. The van der Waals surface area contributed by atoms with Crippen molar-refractivity contribution in [3.05, 3.63) is 53.3 Å². The summed E-state index contributed by atoms with van der Waals surface area (Å²) in [6.45, 7) is 0.428. The molecule has 0 aromatic heterocycles. The number of nitrogens with zero attached hydrogens (tertiary/aromatic N) is 1. The van der Waals surface area contributed by atoms with Crippen LogP contribution in [-0.2, 0) is 6.54 Å². The van der Waals surface area contributed by atoms with Crippen LogP contribution >= 0.6 is 0 Å². The van der Waals surface area contributed by atoms with Gasteiger partial charge in [0, 0.05) is 6.54 Å². The Bertz CT molecular complexity index is 665. The van der Waals surface area contributed by atoms with Gasteiger partial charge in [-0.2, -0.15) is 5.26 Å². The van der Waals surface area contributed by atoms with Crippen LogP contribution in [0.5, 0.6) is 11.5 Å². The number of methoxy groups -OCH3 is 1. The fraction of sp³-hybridized carbons (Fsp3) is 0.133. The van der Waals surface area contributed by atoms with Crippen LogP contribution in [0.4, 0.5) is 10.1 Å². The molecule has 0 saturated carbocycles. The fourth-order valence-corrected chi connectivity index (χ4v) is 1.79. The highest BCUT2D eigenvalue weighted by molar-refractivity contribution is 5.57. The second-order valence-electron chi connectivity index (χ2n) is 4.16. The molecule has 4 nitrogen and oxygen atoms in total. The molecule has 0 amide bonds. The highest BCUT2D eigenvalue weighted by atomic mass is 19.1. The second-order valence-corrected chi connectivity index (χ2v) is 4.16. The zero-order valence-corrected chi connectivity index (χ0v) is 10.9. The number of benzene rings is 2. The fourth-order valence-electron chi connectivity index (χ4n) is 1.79. The van der Waals surface area contributed by atoms with E-state index in [4.69, 9.17) is 10.00 Å². The van der Waals surface area contributed by atoms with E-state index in [1.165, 1.54) is 31.4 Å². The van der Waals surface area contributed by atoms with Crippen LogP contribution in [0.1, 0.15) is 11.1 Å². The first kappa shape index (κ1) is 13.7. The Balaban J connectivity index is 2.15. The minimum atomic E-state index is -0.446. The lowest BCUT2D eigenvalue weighted by molar-refractivity contribution is 0.373. The molecule has 0 unspecified atom stereocenters. The van der Waals surface area contributed by atoms with Gasteiger partial charge in [0.2, 0.25) is 0 Å². The van der Waals surface area contributed by atoms with Crippen molar-refractivity contribution in [2.45, 2.75) is 6.54 Å². The molecule has 0 radical (unpaired) electrons. The van der Waals surface area contributed by atoms with E-state index >= 15 is 0 Å². The number of halogens is 1. The number of ether oxygens (including phenoxy) is 1. The first-order valence-electron chi connectivity index (χ1n) is 5.93. The number of phenols is 1. The van der Waals surface area contributed by atoms with Crippen LogP contribution in [0.15, 0.2) is 36.4 Å². The molecule has 0 heterocycles. The summed E-state index contributed by atoms with van der Waals surface area (Å²) in [6.07, 6.45) is 0. The van der Waals surface area contributed by atoms with Crippen molar-refractivity contribution in [1.29, 1.82) is 5.26 Å². The van der Waals surface area contributed by atoms with Crippen molar-refractivity contribution in [3.63, 3.8) is 0 Å². The van der Waals surface area contributed by atoms with Gasteiger partial charge < -0.3 is 15.2 Å². The number of nitriles is 1. The summed E-state index contributed by atoms with van der Waals surface area (Å²) in [4.78, 5) is 0. The Morgan fingerprint density at radius 3 is 2.80 bits per heavy atom. The monoisotopic (exact) mass is 272 g/mol. The van der Waals surface area contributed by atoms with Crippen LogP contribution in [-0.4, -0.2) is 12.2 Å². The van der Waals surface area contributed by atoms with Gasteiger partial charge in [0.1, 0.15) is 11.9 Å². The first-order valence-corrected chi connectivity index (χ1v) is 5.93. The van der Waals surface area contributed by atoms with Gasteiger partial charge in [-0.05, 0) is 35.9 Å². The maximum atomic E-state index is 13.0. The number of anilines is 1. The second kappa shape index (κ2) is 5.93. The molecule has 5 heteroatoms. The molecule has 2 aromatic carbocycles. The predicted molar refractivity (Wildman–Crippen MR) is 73.1 cm³/mol. The maximum Gasteiger partial charge on any atom is 0.160 e. The summed E-state index contributed by atoms with van der Waals surface area (Å²) in [6, 6.07) is 10.9. The van der Waals surface area contributed by atoms with Gasteiger partial charge >= 0.3 is 0 Å². The van der Waals surface area contributed by atoms with Gasteiger partial charge in [-0.3, -0.25) is 0 Å². The van der Waals surface area contributed by atoms with Gasteiger partial charge in [-0.1, -0.05) is 6.07 Å². The Kier molecular flexibility index (Phi) is 4.06. The lowest BCUT2D eigenvalue weighted by Gasteiger charge is -2.10. The number of hydrogen-bond donors (Lipinski definition) is 2. The molecule has 0 aliphatic carbocycles. The van der Waals surface area contributed by atoms with E-state index in [-0.39, 0.29) is 11.3 Å². The Labute approximate surface area is 116 Å². The van der Waals surface area contributed by atoms with Gasteiger partial charge in [-0.15, -0.1) is 0 Å². The molecule has 2 aromatic rings. The average molecular weight is 272 g/mol. The minimum absolute atomic E-state index is 0.0655. The van der Waals surface area contributed by atoms with Gasteiger partial charge in [0.25, 0.3) is 0 Å². The van der Waals surface area contributed by atoms with Crippen molar-refractivity contribution >= 4 is 5.69 Å². The van der Waals surface area contributed by atoms with Crippen molar-refractivity contribution < 1.29 is 14.2 Å². The topological polar surface area (TPSA) is 65.3 Å². The molecule has 0 aliphatic rings. The summed E-state index contributed by atoms with van der Waals surface area (Å²) in [5, 5.41) is 21.5. The van der Waals surface area contributed by atoms with Gasteiger partial charge in [0.05, 0.1) is 18.4 Å². The van der Waals surface area contributed by atoms with Crippen LogP contribution in [0.25, 0.3) is 0 Å². The van der Waals surface area contributed by atoms with Crippen LogP contribution in [0.3, 0.4) is 0 Å². The standard InChI is InChI=1S/C15H13FN2O2/c1-20-15-6-10(2-5-14(15)19)9-18-13-4-3-12(16)7-11(13)8-17/h2-7,18-19H,9H2,1H3. The third-order valence-corrected chi connectivity index (χ3v) is 2.83. The highest BCUT2D eigenvalue weighted by Gasteiger charge is 2.05. The minimum Gasteiger partial charge on any atom is -0.504 e. The van der Waals surface area contributed by atoms with E-state index in [0.29, 0.717) is 18.0 Å². The molecule has 102 valence electrons. The normalized spacial score (nSPS) is 9.85. The van der Waals surface area contributed by atoms with Gasteiger partial charge in [-0.25, -0.2) is 4.39 Å². The molecule has 2 N–H and O–H groups in total. The zero-order valence-electron chi connectivity index (χ0n) is 10.9. The number of phenolic OH excluding ortho intramolecular Hbond substituents is 1. The number of aromatic hydroxyl groups is 1. The van der Waals surface area contributed by atoms with E-state index in [1.54, 1.807) is 12.1 Å². The molecule has 0 aliphatic heterocycles. The van der Waals surface area contributed by atoms with Crippen LogP contribution in [0, 0.1) is 17.1 Å². The SMILES string of the molecule is COc1cc(CNc2ccc(F)cc2C#N)ccc1O. The van der Waals surface area contributed by atoms with E-state index in [1.807, 2.05) is 6.07 Å². The Hall–Kier alpha value is -2.74. The van der Waals surface area contributed by atoms with Crippen LogP contribution in [0.2, 0.25) is 0 Å². The van der Waals surface area contributed by atoms with Crippen molar-refractivity contribution in [2.75, 3.05) is 12.4 Å². The van der Waals surface area contributed by atoms with Gasteiger partial charge in [0.15, 0.2) is 11.5 Å². The quantitative estimate of drug-likeness (QED) is 0.898.